The second kappa shape index (κ2) is 6.11. The van der Waals surface area contributed by atoms with Crippen molar-refractivity contribution in [3.8, 4) is 0 Å². The SMILES string of the molecule is CC(CC1CCCCC1)C(CN)C(=O)O. The Morgan fingerprint density at radius 3 is 2.47 bits per heavy atom. The number of rotatable bonds is 5. The Morgan fingerprint density at radius 1 is 1.40 bits per heavy atom. The molecule has 1 rings (SSSR count). The molecule has 0 aromatic carbocycles. The van der Waals surface area contributed by atoms with Gasteiger partial charge in [0.15, 0.2) is 0 Å². The Bertz CT molecular complexity index is 200. The van der Waals surface area contributed by atoms with E-state index in [1.165, 1.54) is 32.1 Å². The molecule has 1 aliphatic carbocycles. The number of carboxylic acid groups (broad SMARTS) is 1. The molecule has 0 aromatic heterocycles. The molecule has 3 N–H and O–H groups in total. The molecule has 1 saturated carbocycles. The van der Waals surface area contributed by atoms with E-state index in [9.17, 15) is 4.79 Å². The quantitative estimate of drug-likeness (QED) is 0.736. The van der Waals surface area contributed by atoms with Gasteiger partial charge in [-0.05, 0) is 18.3 Å². The molecule has 0 bridgehead atoms. The molecule has 2 unspecified atom stereocenters. The minimum absolute atomic E-state index is 0.218. The van der Waals surface area contributed by atoms with Crippen molar-refractivity contribution >= 4 is 5.97 Å². The molecule has 1 fully saturated rings. The zero-order valence-corrected chi connectivity index (χ0v) is 9.61. The van der Waals surface area contributed by atoms with Crippen LogP contribution in [0.25, 0.3) is 0 Å². The molecule has 88 valence electrons. The lowest BCUT2D eigenvalue weighted by atomic mass is 9.79. The number of carbonyl (C=O) groups is 1. The predicted octanol–water partition coefficient (Wildman–Crippen LogP) is 2.25. The molecule has 1 aliphatic rings. The van der Waals surface area contributed by atoms with Gasteiger partial charge in [0.25, 0.3) is 0 Å². The lowest BCUT2D eigenvalue weighted by Crippen LogP contribution is -2.30. The Morgan fingerprint density at radius 2 is 2.00 bits per heavy atom. The highest BCUT2D eigenvalue weighted by Gasteiger charge is 2.26. The summed E-state index contributed by atoms with van der Waals surface area (Å²) in [6.45, 7) is 2.30. The van der Waals surface area contributed by atoms with E-state index in [1.54, 1.807) is 0 Å². The van der Waals surface area contributed by atoms with Crippen LogP contribution < -0.4 is 5.73 Å². The molecule has 3 heteroatoms. The Kier molecular flexibility index (Phi) is 5.09. The van der Waals surface area contributed by atoms with Gasteiger partial charge in [-0.25, -0.2) is 0 Å². The van der Waals surface area contributed by atoms with E-state index < -0.39 is 5.97 Å². The maximum atomic E-state index is 10.9. The van der Waals surface area contributed by atoms with Gasteiger partial charge in [0.2, 0.25) is 0 Å². The Balaban J connectivity index is 2.38. The summed E-state index contributed by atoms with van der Waals surface area (Å²) in [5.41, 5.74) is 5.50. The normalized spacial score (nSPS) is 22.3. The van der Waals surface area contributed by atoms with Crippen molar-refractivity contribution in [1.29, 1.82) is 0 Å². The third kappa shape index (κ3) is 3.82. The van der Waals surface area contributed by atoms with Gasteiger partial charge < -0.3 is 10.8 Å². The van der Waals surface area contributed by atoms with E-state index in [0.717, 1.165) is 12.3 Å². The average Bonchev–Trinajstić information content (AvgIpc) is 2.19. The molecule has 0 amide bonds. The van der Waals surface area contributed by atoms with Crippen LogP contribution in [-0.4, -0.2) is 17.6 Å². The summed E-state index contributed by atoms with van der Waals surface area (Å²) in [7, 11) is 0. The Labute approximate surface area is 92.0 Å². The van der Waals surface area contributed by atoms with Gasteiger partial charge >= 0.3 is 5.97 Å². The zero-order valence-electron chi connectivity index (χ0n) is 9.61. The van der Waals surface area contributed by atoms with E-state index in [-0.39, 0.29) is 18.4 Å². The number of hydrogen-bond acceptors (Lipinski definition) is 2. The van der Waals surface area contributed by atoms with E-state index in [2.05, 4.69) is 0 Å². The van der Waals surface area contributed by atoms with Crippen LogP contribution in [0.15, 0.2) is 0 Å². The van der Waals surface area contributed by atoms with E-state index >= 15 is 0 Å². The molecule has 0 aliphatic heterocycles. The van der Waals surface area contributed by atoms with Gasteiger partial charge in [-0.2, -0.15) is 0 Å². The minimum atomic E-state index is -0.735. The largest absolute Gasteiger partial charge is 0.481 e. The van der Waals surface area contributed by atoms with Crippen molar-refractivity contribution in [3.05, 3.63) is 0 Å². The number of hydrogen-bond donors (Lipinski definition) is 2. The fourth-order valence-corrected chi connectivity index (χ4v) is 2.69. The average molecular weight is 213 g/mol. The van der Waals surface area contributed by atoms with Gasteiger partial charge in [-0.15, -0.1) is 0 Å². The Hall–Kier alpha value is -0.570. The first kappa shape index (κ1) is 12.5. The van der Waals surface area contributed by atoms with Crippen molar-refractivity contribution in [1.82, 2.24) is 0 Å². The highest BCUT2D eigenvalue weighted by Crippen LogP contribution is 2.31. The molecule has 0 saturated heterocycles. The van der Waals surface area contributed by atoms with Crippen molar-refractivity contribution in [2.45, 2.75) is 45.4 Å². The lowest BCUT2D eigenvalue weighted by Gasteiger charge is -2.27. The van der Waals surface area contributed by atoms with Crippen LogP contribution in [-0.2, 0) is 4.79 Å². The summed E-state index contributed by atoms with van der Waals surface area (Å²) in [5, 5.41) is 8.99. The van der Waals surface area contributed by atoms with E-state index in [4.69, 9.17) is 10.8 Å². The third-order valence-electron chi connectivity index (χ3n) is 3.69. The number of carboxylic acids is 1. The number of nitrogens with two attached hydrogens (primary N) is 1. The molecule has 0 radical (unpaired) electrons. The smallest absolute Gasteiger partial charge is 0.308 e. The highest BCUT2D eigenvalue weighted by atomic mass is 16.4. The summed E-state index contributed by atoms with van der Waals surface area (Å²) in [6, 6.07) is 0. The second-order valence-electron chi connectivity index (χ2n) is 4.90. The van der Waals surface area contributed by atoms with Gasteiger partial charge in [0.05, 0.1) is 5.92 Å². The molecule has 0 aromatic rings. The number of aliphatic carboxylic acids is 1. The van der Waals surface area contributed by atoms with Crippen molar-refractivity contribution in [2.75, 3.05) is 6.54 Å². The summed E-state index contributed by atoms with van der Waals surface area (Å²) >= 11 is 0. The molecule has 15 heavy (non-hydrogen) atoms. The van der Waals surface area contributed by atoms with E-state index in [1.807, 2.05) is 6.92 Å². The van der Waals surface area contributed by atoms with E-state index in [0.29, 0.717) is 0 Å². The topological polar surface area (TPSA) is 63.3 Å². The molecular weight excluding hydrogens is 190 g/mol. The van der Waals surface area contributed by atoms with Crippen LogP contribution in [0.4, 0.5) is 0 Å². The van der Waals surface area contributed by atoms with Crippen LogP contribution in [0.1, 0.15) is 45.4 Å². The third-order valence-corrected chi connectivity index (χ3v) is 3.69. The van der Waals surface area contributed by atoms with Gasteiger partial charge in [-0.1, -0.05) is 39.0 Å². The van der Waals surface area contributed by atoms with Gasteiger partial charge in [0, 0.05) is 6.54 Å². The first-order valence-corrected chi connectivity index (χ1v) is 6.08. The van der Waals surface area contributed by atoms with Crippen LogP contribution in [0, 0.1) is 17.8 Å². The first-order valence-electron chi connectivity index (χ1n) is 6.08. The fraction of sp³-hybridized carbons (Fsp3) is 0.917. The predicted molar refractivity (Wildman–Crippen MR) is 60.5 cm³/mol. The standard InChI is InChI=1S/C12H23NO2/c1-9(11(8-13)12(14)15)7-10-5-3-2-4-6-10/h9-11H,2-8,13H2,1H3,(H,14,15). The molecule has 0 spiro atoms. The summed E-state index contributed by atoms with van der Waals surface area (Å²) in [4.78, 5) is 10.9. The molecular formula is C12H23NO2. The molecule has 2 atom stereocenters. The van der Waals surface area contributed by atoms with Crippen LogP contribution >= 0.6 is 0 Å². The van der Waals surface area contributed by atoms with Crippen molar-refractivity contribution in [3.63, 3.8) is 0 Å². The highest BCUT2D eigenvalue weighted by molar-refractivity contribution is 5.70. The summed E-state index contributed by atoms with van der Waals surface area (Å²) in [5.74, 6) is -0.134. The van der Waals surface area contributed by atoms with Crippen LogP contribution in [0.3, 0.4) is 0 Å². The summed E-state index contributed by atoms with van der Waals surface area (Å²) < 4.78 is 0. The fourth-order valence-electron chi connectivity index (χ4n) is 2.69. The van der Waals surface area contributed by atoms with Crippen molar-refractivity contribution in [2.24, 2.45) is 23.5 Å². The van der Waals surface area contributed by atoms with Crippen LogP contribution in [0.2, 0.25) is 0 Å². The lowest BCUT2D eigenvalue weighted by molar-refractivity contribution is -0.143. The monoisotopic (exact) mass is 213 g/mol. The zero-order chi connectivity index (χ0) is 11.3. The molecule has 3 nitrogen and oxygen atoms in total. The summed E-state index contributed by atoms with van der Waals surface area (Å²) in [6.07, 6.45) is 7.58. The second-order valence-corrected chi connectivity index (χ2v) is 4.90. The minimum Gasteiger partial charge on any atom is -0.481 e. The maximum absolute atomic E-state index is 10.9. The van der Waals surface area contributed by atoms with Crippen molar-refractivity contribution < 1.29 is 9.90 Å². The maximum Gasteiger partial charge on any atom is 0.308 e. The van der Waals surface area contributed by atoms with Crippen LogP contribution in [0.5, 0.6) is 0 Å². The molecule has 0 heterocycles. The first-order chi connectivity index (χ1) is 7.15. The van der Waals surface area contributed by atoms with Gasteiger partial charge in [-0.3, -0.25) is 4.79 Å². The van der Waals surface area contributed by atoms with Gasteiger partial charge in [0.1, 0.15) is 0 Å².